The number of nitrogens with one attached hydrogen (secondary N) is 1. The lowest BCUT2D eigenvalue weighted by Gasteiger charge is -2.31. The first-order valence-corrected chi connectivity index (χ1v) is 16.3. The van der Waals surface area contributed by atoms with Crippen LogP contribution in [0.3, 0.4) is 0 Å². The molecule has 0 aliphatic carbocycles. The summed E-state index contributed by atoms with van der Waals surface area (Å²) in [4.78, 5) is 35.7. The second-order valence-corrected chi connectivity index (χ2v) is 12.8. The quantitative estimate of drug-likeness (QED) is 0.0562. The molecule has 52 heavy (non-hydrogen) atoms. The molecule has 1 aromatic heterocycles. The average Bonchev–Trinajstić information content (AvgIpc) is 3.08. The minimum absolute atomic E-state index is 0.00458. The fraction of sp³-hybridized carbons (Fsp3) is 0.195. The predicted molar refractivity (Wildman–Crippen MR) is 198 cm³/mol. The Bertz CT molecular complexity index is 2260. The SMILES string of the molecule is CC(=O)Nc1ccc(OC(=O)c2ccccc2O)cc1.COc1c(CC=C(C)C)c2c(c3oc(=O)c(-c4ccc(O)cc4)c(O)c13)C=CC(C)(C)O2. The van der Waals surface area contributed by atoms with Crippen LogP contribution in [0.1, 0.15) is 56.1 Å². The lowest BCUT2D eigenvalue weighted by atomic mass is 9.93. The summed E-state index contributed by atoms with van der Waals surface area (Å²) in [5.41, 5.74) is 2.56. The molecule has 11 heteroatoms. The number of anilines is 1. The van der Waals surface area contributed by atoms with Gasteiger partial charge in [0.05, 0.1) is 12.7 Å². The Labute approximate surface area is 300 Å². The van der Waals surface area contributed by atoms with Crippen LogP contribution in [0, 0.1) is 0 Å². The van der Waals surface area contributed by atoms with Crippen LogP contribution in [-0.4, -0.2) is 39.9 Å². The number of carbonyl (C=O) groups excluding carboxylic acids is 2. The first-order chi connectivity index (χ1) is 24.7. The van der Waals surface area contributed by atoms with Crippen molar-refractivity contribution < 1.29 is 43.5 Å². The summed E-state index contributed by atoms with van der Waals surface area (Å²) in [7, 11) is 1.52. The molecule has 6 rings (SSSR count). The maximum absolute atomic E-state index is 12.9. The molecule has 268 valence electrons. The zero-order chi connectivity index (χ0) is 37.7. The summed E-state index contributed by atoms with van der Waals surface area (Å²) in [6.45, 7) is 9.30. The lowest BCUT2D eigenvalue weighted by molar-refractivity contribution is -0.114. The third kappa shape index (κ3) is 8.10. The van der Waals surface area contributed by atoms with Crippen LogP contribution < -0.4 is 25.2 Å². The van der Waals surface area contributed by atoms with E-state index in [2.05, 4.69) is 11.4 Å². The Hall–Kier alpha value is -6.49. The molecular weight excluding hydrogens is 666 g/mol. The van der Waals surface area contributed by atoms with Gasteiger partial charge in [-0.25, -0.2) is 9.59 Å². The Morgan fingerprint density at radius 3 is 2.21 bits per heavy atom. The highest BCUT2D eigenvalue weighted by molar-refractivity contribution is 6.02. The molecule has 1 aliphatic rings. The van der Waals surface area contributed by atoms with Crippen LogP contribution in [0.25, 0.3) is 28.2 Å². The monoisotopic (exact) mass is 705 g/mol. The number of aromatic hydroxyl groups is 3. The van der Waals surface area contributed by atoms with E-state index in [0.29, 0.717) is 45.9 Å². The molecule has 0 unspecified atom stereocenters. The molecule has 0 radical (unpaired) electrons. The van der Waals surface area contributed by atoms with E-state index >= 15 is 0 Å². The third-order valence-corrected chi connectivity index (χ3v) is 7.96. The fourth-order valence-corrected chi connectivity index (χ4v) is 5.51. The van der Waals surface area contributed by atoms with Crippen molar-refractivity contribution in [3.63, 3.8) is 0 Å². The topological polar surface area (TPSA) is 165 Å². The molecule has 1 amide bonds. The number of phenols is 2. The molecule has 0 spiro atoms. The summed E-state index contributed by atoms with van der Waals surface area (Å²) in [5, 5.41) is 33.4. The van der Waals surface area contributed by atoms with Crippen molar-refractivity contribution in [2.75, 3.05) is 12.4 Å². The van der Waals surface area contributed by atoms with E-state index < -0.39 is 17.2 Å². The summed E-state index contributed by atoms with van der Waals surface area (Å²) in [6.07, 6.45) is 6.31. The number of phenolic OH excluding ortho intramolecular Hbond substituents is 2. The zero-order valence-electron chi connectivity index (χ0n) is 29.6. The number of esters is 1. The maximum Gasteiger partial charge on any atom is 0.348 e. The van der Waals surface area contributed by atoms with E-state index in [1.807, 2.05) is 39.8 Å². The number of rotatable bonds is 7. The van der Waals surface area contributed by atoms with Crippen molar-refractivity contribution in [1.82, 2.24) is 0 Å². The molecule has 0 atom stereocenters. The van der Waals surface area contributed by atoms with Crippen molar-refractivity contribution in [2.24, 2.45) is 0 Å². The van der Waals surface area contributed by atoms with Gasteiger partial charge in [-0.1, -0.05) is 35.9 Å². The number of para-hydroxylation sites is 1. The molecule has 0 bridgehead atoms. The molecule has 2 heterocycles. The molecule has 4 N–H and O–H groups in total. The van der Waals surface area contributed by atoms with Crippen molar-refractivity contribution >= 4 is 34.6 Å². The van der Waals surface area contributed by atoms with Crippen molar-refractivity contribution in [3.8, 4) is 45.6 Å². The van der Waals surface area contributed by atoms with Gasteiger partial charge in [0, 0.05) is 18.2 Å². The molecule has 11 nitrogen and oxygen atoms in total. The van der Waals surface area contributed by atoms with Crippen molar-refractivity contribution in [3.05, 3.63) is 118 Å². The van der Waals surface area contributed by atoms with Gasteiger partial charge in [-0.2, -0.15) is 0 Å². The Balaban J connectivity index is 0.000000225. The Morgan fingerprint density at radius 1 is 0.923 bits per heavy atom. The minimum atomic E-state index is -0.694. The van der Waals surface area contributed by atoms with E-state index in [-0.39, 0.29) is 39.9 Å². The van der Waals surface area contributed by atoms with Gasteiger partial charge in [-0.3, -0.25) is 4.79 Å². The smallest absolute Gasteiger partial charge is 0.348 e. The van der Waals surface area contributed by atoms with E-state index in [1.54, 1.807) is 48.5 Å². The molecule has 0 fully saturated rings. The van der Waals surface area contributed by atoms with Crippen LogP contribution >= 0.6 is 0 Å². The van der Waals surface area contributed by atoms with Gasteiger partial charge in [-0.05, 0) is 100 Å². The zero-order valence-corrected chi connectivity index (χ0v) is 29.6. The van der Waals surface area contributed by atoms with Gasteiger partial charge in [0.2, 0.25) is 5.91 Å². The van der Waals surface area contributed by atoms with E-state index in [1.165, 1.54) is 38.3 Å². The molecule has 5 aromatic rings. The highest BCUT2D eigenvalue weighted by atomic mass is 16.5. The molecule has 1 aliphatic heterocycles. The summed E-state index contributed by atoms with van der Waals surface area (Å²) >= 11 is 0. The van der Waals surface area contributed by atoms with Gasteiger partial charge < -0.3 is 39.3 Å². The number of ether oxygens (including phenoxy) is 3. The van der Waals surface area contributed by atoms with E-state index in [9.17, 15) is 29.7 Å². The number of allylic oxidation sites excluding steroid dienone is 2. The van der Waals surface area contributed by atoms with Crippen LogP contribution in [0.15, 0.2) is 99.7 Å². The number of carbonyl (C=O) groups is 2. The van der Waals surface area contributed by atoms with Crippen LogP contribution in [0.5, 0.6) is 34.5 Å². The average molecular weight is 706 g/mol. The number of benzene rings is 4. The molecule has 0 saturated heterocycles. The summed E-state index contributed by atoms with van der Waals surface area (Å²) < 4.78 is 22.9. The summed E-state index contributed by atoms with van der Waals surface area (Å²) in [5.74, 6) is 0.152. The van der Waals surface area contributed by atoms with E-state index in [0.717, 1.165) is 11.1 Å². The van der Waals surface area contributed by atoms with Gasteiger partial charge in [0.1, 0.15) is 56.6 Å². The van der Waals surface area contributed by atoms with Crippen molar-refractivity contribution in [2.45, 2.75) is 46.6 Å². The summed E-state index contributed by atoms with van der Waals surface area (Å²) in [6, 6.07) is 18.5. The normalized spacial score (nSPS) is 12.4. The fourth-order valence-electron chi connectivity index (χ4n) is 5.51. The first-order valence-electron chi connectivity index (χ1n) is 16.3. The number of methoxy groups -OCH3 is 1. The second kappa shape index (κ2) is 15.2. The lowest BCUT2D eigenvalue weighted by Crippen LogP contribution is -2.28. The highest BCUT2D eigenvalue weighted by Gasteiger charge is 2.32. The molecular formula is C41H39NO10. The van der Waals surface area contributed by atoms with E-state index in [4.69, 9.17) is 18.6 Å². The third-order valence-electron chi connectivity index (χ3n) is 7.96. The number of amides is 1. The number of hydrogen-bond donors (Lipinski definition) is 4. The molecule has 4 aromatic carbocycles. The second-order valence-electron chi connectivity index (χ2n) is 12.8. The highest BCUT2D eigenvalue weighted by Crippen LogP contribution is 2.49. The number of fused-ring (bicyclic) bond motifs is 3. The Kier molecular flexibility index (Phi) is 10.7. The van der Waals surface area contributed by atoms with Gasteiger partial charge in [0.25, 0.3) is 0 Å². The van der Waals surface area contributed by atoms with Crippen molar-refractivity contribution in [1.29, 1.82) is 0 Å². The van der Waals surface area contributed by atoms with Gasteiger partial charge in [-0.15, -0.1) is 0 Å². The van der Waals surface area contributed by atoms with Gasteiger partial charge in [0.15, 0.2) is 5.58 Å². The minimum Gasteiger partial charge on any atom is -0.508 e. The molecule has 0 saturated carbocycles. The standard InChI is InChI=1S/C26H26O6.C15H13NO4/c1-14(2)6-11-17-22-18(12-13-26(3,4)32-22)24-20(23(17)30-5)21(28)19(25(29)31-24)15-7-9-16(27)10-8-15;1-10(17)16-11-6-8-12(9-7-11)20-15(19)13-4-2-3-5-14(13)18/h6-10,12-13,27-28H,11H2,1-5H3;2-9,18H,1H3,(H,16,17). The first kappa shape index (κ1) is 36.8. The van der Waals surface area contributed by atoms with Crippen LogP contribution in [0.4, 0.5) is 5.69 Å². The maximum atomic E-state index is 12.9. The number of hydrogen-bond acceptors (Lipinski definition) is 10. The Morgan fingerprint density at radius 2 is 1.60 bits per heavy atom. The van der Waals surface area contributed by atoms with Crippen LogP contribution in [-0.2, 0) is 11.2 Å². The predicted octanol–water partition coefficient (Wildman–Crippen LogP) is 8.14. The van der Waals surface area contributed by atoms with Crippen LogP contribution in [0.2, 0.25) is 0 Å². The largest absolute Gasteiger partial charge is 0.508 e. The van der Waals surface area contributed by atoms with Gasteiger partial charge >= 0.3 is 11.6 Å².